The van der Waals surface area contributed by atoms with E-state index >= 15 is 0 Å². The summed E-state index contributed by atoms with van der Waals surface area (Å²) >= 11 is 0. The Bertz CT molecular complexity index is 403. The Morgan fingerprint density at radius 2 is 2.26 bits per heavy atom. The lowest BCUT2D eigenvalue weighted by Gasteiger charge is -2.20. The van der Waals surface area contributed by atoms with Crippen molar-refractivity contribution in [3.8, 4) is 0 Å². The van der Waals surface area contributed by atoms with Crippen LogP contribution in [0, 0.1) is 0 Å². The smallest absolute Gasteiger partial charge is 0.317 e. The zero-order valence-corrected chi connectivity index (χ0v) is 11.3. The van der Waals surface area contributed by atoms with E-state index in [4.69, 9.17) is 9.52 Å². The van der Waals surface area contributed by atoms with Crippen LogP contribution in [0.5, 0.6) is 0 Å². The van der Waals surface area contributed by atoms with Crippen LogP contribution in [0.15, 0.2) is 22.8 Å². The molecule has 0 fully saturated rings. The Morgan fingerprint density at radius 1 is 1.53 bits per heavy atom. The Balaban J connectivity index is 2.24. The molecular weight excluding hydrogens is 248 g/mol. The number of nitrogens with zero attached hydrogens (tertiary/aromatic N) is 1. The zero-order chi connectivity index (χ0) is 14.3. The first-order valence-electron chi connectivity index (χ1n) is 6.25. The van der Waals surface area contributed by atoms with Crippen molar-refractivity contribution in [1.29, 1.82) is 0 Å². The summed E-state index contributed by atoms with van der Waals surface area (Å²) in [7, 11) is 1.58. The van der Waals surface area contributed by atoms with Gasteiger partial charge >= 0.3 is 12.0 Å². The molecule has 1 aromatic heterocycles. The average molecular weight is 268 g/mol. The maximum absolute atomic E-state index is 11.7. The predicted molar refractivity (Wildman–Crippen MR) is 69.9 cm³/mol. The number of rotatable bonds is 7. The Kier molecular flexibility index (Phi) is 5.92. The van der Waals surface area contributed by atoms with Crippen molar-refractivity contribution in [2.45, 2.75) is 32.2 Å². The lowest BCUT2D eigenvalue weighted by molar-refractivity contribution is -0.137. The average Bonchev–Trinajstić information content (AvgIpc) is 2.86. The van der Waals surface area contributed by atoms with Crippen LogP contribution in [-0.2, 0) is 11.2 Å². The number of hydrogen-bond acceptors (Lipinski definition) is 3. The first kappa shape index (κ1) is 15.1. The van der Waals surface area contributed by atoms with Crippen molar-refractivity contribution in [1.82, 2.24) is 10.2 Å². The first-order chi connectivity index (χ1) is 8.99. The van der Waals surface area contributed by atoms with Gasteiger partial charge in [-0.25, -0.2) is 4.79 Å². The van der Waals surface area contributed by atoms with Crippen molar-refractivity contribution >= 4 is 12.0 Å². The number of furan rings is 1. The molecule has 0 radical (unpaired) electrons. The number of carboxylic acids is 1. The normalized spacial score (nSPS) is 11.9. The SMILES string of the molecule is CC(CCc1ccco1)NC(=O)N(C)CCC(=O)O. The van der Waals surface area contributed by atoms with Crippen molar-refractivity contribution in [2.75, 3.05) is 13.6 Å². The summed E-state index contributed by atoms with van der Waals surface area (Å²) in [6.07, 6.45) is 3.10. The van der Waals surface area contributed by atoms with Crippen molar-refractivity contribution < 1.29 is 19.1 Å². The van der Waals surface area contributed by atoms with Gasteiger partial charge in [0.05, 0.1) is 12.7 Å². The van der Waals surface area contributed by atoms with Crippen LogP contribution in [0.25, 0.3) is 0 Å². The Morgan fingerprint density at radius 3 is 2.84 bits per heavy atom. The minimum Gasteiger partial charge on any atom is -0.481 e. The van der Waals surface area contributed by atoms with Crippen LogP contribution in [0.2, 0.25) is 0 Å². The van der Waals surface area contributed by atoms with Gasteiger partial charge in [-0.2, -0.15) is 0 Å². The van der Waals surface area contributed by atoms with E-state index in [0.29, 0.717) is 0 Å². The van der Waals surface area contributed by atoms with Gasteiger partial charge < -0.3 is 19.7 Å². The maximum Gasteiger partial charge on any atom is 0.317 e. The minimum atomic E-state index is -0.912. The molecule has 0 aliphatic carbocycles. The van der Waals surface area contributed by atoms with E-state index in [1.165, 1.54) is 4.90 Å². The third-order valence-corrected chi connectivity index (χ3v) is 2.78. The molecule has 19 heavy (non-hydrogen) atoms. The van der Waals surface area contributed by atoms with Gasteiger partial charge in [0.25, 0.3) is 0 Å². The molecule has 0 aliphatic rings. The van der Waals surface area contributed by atoms with E-state index in [9.17, 15) is 9.59 Å². The van der Waals surface area contributed by atoms with Crippen LogP contribution in [-0.4, -0.2) is 41.6 Å². The highest BCUT2D eigenvalue weighted by molar-refractivity contribution is 5.75. The number of amides is 2. The van der Waals surface area contributed by atoms with Gasteiger partial charge in [-0.3, -0.25) is 4.79 Å². The number of aryl methyl sites for hydroxylation is 1. The molecule has 0 aliphatic heterocycles. The molecule has 1 unspecified atom stereocenters. The number of carboxylic acid groups (broad SMARTS) is 1. The summed E-state index contributed by atoms with van der Waals surface area (Å²) in [5.41, 5.74) is 0. The number of hydrogen-bond donors (Lipinski definition) is 2. The summed E-state index contributed by atoms with van der Waals surface area (Å²) < 4.78 is 5.21. The molecule has 2 N–H and O–H groups in total. The summed E-state index contributed by atoms with van der Waals surface area (Å²) in [6.45, 7) is 2.11. The van der Waals surface area contributed by atoms with E-state index in [1.54, 1.807) is 13.3 Å². The van der Waals surface area contributed by atoms with E-state index in [-0.39, 0.29) is 25.0 Å². The number of carbonyl (C=O) groups is 2. The molecule has 6 nitrogen and oxygen atoms in total. The maximum atomic E-state index is 11.7. The fraction of sp³-hybridized carbons (Fsp3) is 0.538. The van der Waals surface area contributed by atoms with Crippen LogP contribution >= 0.6 is 0 Å². The number of nitrogens with one attached hydrogen (secondary N) is 1. The summed E-state index contributed by atoms with van der Waals surface area (Å²) in [4.78, 5) is 23.5. The quantitative estimate of drug-likeness (QED) is 0.788. The molecule has 0 aromatic carbocycles. The fourth-order valence-corrected chi connectivity index (χ4v) is 1.57. The number of carbonyl (C=O) groups excluding carboxylic acids is 1. The van der Waals surface area contributed by atoms with Crippen LogP contribution in [0.1, 0.15) is 25.5 Å². The highest BCUT2D eigenvalue weighted by Gasteiger charge is 2.13. The molecule has 0 spiro atoms. The topological polar surface area (TPSA) is 82.8 Å². The standard InChI is InChI=1S/C13H20N2O4/c1-10(5-6-11-4-3-9-19-11)14-13(18)15(2)8-7-12(16)17/h3-4,9-10H,5-8H2,1-2H3,(H,14,18)(H,16,17). The van der Waals surface area contributed by atoms with Crippen LogP contribution < -0.4 is 5.32 Å². The molecule has 0 saturated carbocycles. The van der Waals surface area contributed by atoms with Crippen LogP contribution in [0.3, 0.4) is 0 Å². The summed E-state index contributed by atoms with van der Waals surface area (Å²) in [6, 6.07) is 3.48. The van der Waals surface area contributed by atoms with Crippen molar-refractivity contribution in [2.24, 2.45) is 0 Å². The zero-order valence-electron chi connectivity index (χ0n) is 11.3. The van der Waals surface area contributed by atoms with E-state index in [1.807, 2.05) is 19.1 Å². The van der Waals surface area contributed by atoms with Crippen molar-refractivity contribution in [3.05, 3.63) is 24.2 Å². The molecule has 2 amide bonds. The third-order valence-electron chi connectivity index (χ3n) is 2.78. The molecule has 0 saturated heterocycles. The second kappa shape index (κ2) is 7.45. The molecule has 106 valence electrons. The molecule has 0 bridgehead atoms. The number of urea groups is 1. The molecule has 6 heteroatoms. The lowest BCUT2D eigenvalue weighted by atomic mass is 10.1. The van der Waals surface area contributed by atoms with E-state index in [2.05, 4.69) is 5.32 Å². The van der Waals surface area contributed by atoms with Gasteiger partial charge in [0, 0.05) is 26.1 Å². The molecule has 1 atom stereocenters. The summed E-state index contributed by atoms with van der Waals surface area (Å²) in [5, 5.41) is 11.4. The van der Waals surface area contributed by atoms with Gasteiger partial charge in [0.2, 0.25) is 0 Å². The van der Waals surface area contributed by atoms with E-state index < -0.39 is 5.97 Å². The predicted octanol–water partition coefficient (Wildman–Crippen LogP) is 1.72. The summed E-state index contributed by atoms with van der Waals surface area (Å²) in [5.74, 6) is -0.0224. The monoisotopic (exact) mass is 268 g/mol. The molecular formula is C13H20N2O4. The van der Waals surface area contributed by atoms with Gasteiger partial charge in [0.1, 0.15) is 5.76 Å². The van der Waals surface area contributed by atoms with Crippen molar-refractivity contribution in [3.63, 3.8) is 0 Å². The van der Waals surface area contributed by atoms with Gasteiger partial charge in [0.15, 0.2) is 0 Å². The first-order valence-corrected chi connectivity index (χ1v) is 6.25. The number of aliphatic carboxylic acids is 1. The molecule has 1 aromatic rings. The Labute approximate surface area is 112 Å². The second-order valence-corrected chi connectivity index (χ2v) is 4.53. The minimum absolute atomic E-state index is 0.00452. The molecule has 1 rings (SSSR count). The highest BCUT2D eigenvalue weighted by atomic mass is 16.4. The van der Waals surface area contributed by atoms with Gasteiger partial charge in [-0.15, -0.1) is 0 Å². The van der Waals surface area contributed by atoms with E-state index in [0.717, 1.165) is 18.6 Å². The van der Waals surface area contributed by atoms with Gasteiger partial charge in [-0.05, 0) is 25.5 Å². The Hall–Kier alpha value is -1.98. The third kappa shape index (κ3) is 5.94. The molecule has 1 heterocycles. The van der Waals surface area contributed by atoms with Crippen LogP contribution in [0.4, 0.5) is 4.79 Å². The van der Waals surface area contributed by atoms with Gasteiger partial charge in [-0.1, -0.05) is 0 Å². The highest BCUT2D eigenvalue weighted by Crippen LogP contribution is 2.06. The lowest BCUT2D eigenvalue weighted by Crippen LogP contribution is -2.42. The largest absolute Gasteiger partial charge is 0.481 e. The fourth-order valence-electron chi connectivity index (χ4n) is 1.57. The second-order valence-electron chi connectivity index (χ2n) is 4.53.